The van der Waals surface area contributed by atoms with Crippen LogP contribution in [-0.4, -0.2) is 8.42 Å². The lowest BCUT2D eigenvalue weighted by molar-refractivity contribution is 0.600. The maximum absolute atomic E-state index is 12.6. The number of nitrogens with two attached hydrogens (primary N) is 1. The molecule has 21 heavy (non-hydrogen) atoms. The summed E-state index contributed by atoms with van der Waals surface area (Å²) in [6.45, 7) is 1.63. The molecule has 8 heteroatoms. The predicted octanol–water partition coefficient (Wildman–Crippen LogP) is 4.56. The fourth-order valence-corrected chi connectivity index (χ4v) is 4.89. The molecule has 0 amide bonds. The Morgan fingerprint density at radius 2 is 1.76 bits per heavy atom. The molecule has 0 saturated heterocycles. The lowest BCUT2D eigenvalue weighted by Crippen LogP contribution is -2.15. The molecule has 2 aromatic carbocycles. The molecule has 2 rings (SSSR count). The topological polar surface area (TPSA) is 72.2 Å². The van der Waals surface area contributed by atoms with Crippen molar-refractivity contribution in [3.63, 3.8) is 0 Å². The molecular weight excluding hydrogens is 443 g/mol. The molecule has 0 bridgehead atoms. The van der Waals surface area contributed by atoms with Crippen LogP contribution in [0.1, 0.15) is 5.56 Å². The molecule has 0 fully saturated rings. The van der Waals surface area contributed by atoms with Gasteiger partial charge in [0.15, 0.2) is 0 Å². The van der Waals surface area contributed by atoms with Crippen molar-refractivity contribution in [2.75, 3.05) is 10.5 Å². The number of hydrogen-bond donors (Lipinski definition) is 2. The molecular formula is C13H11Br2ClN2O2S. The minimum atomic E-state index is -3.81. The molecule has 2 aromatic rings. The number of nitrogens with one attached hydrogen (secondary N) is 1. The van der Waals surface area contributed by atoms with Crippen molar-refractivity contribution in [2.45, 2.75) is 11.8 Å². The average molecular weight is 455 g/mol. The molecule has 3 N–H and O–H groups in total. The third-order valence-electron chi connectivity index (χ3n) is 2.85. The van der Waals surface area contributed by atoms with E-state index in [2.05, 4.69) is 36.6 Å². The maximum Gasteiger partial charge on any atom is 0.262 e. The van der Waals surface area contributed by atoms with Crippen LogP contribution in [0, 0.1) is 6.92 Å². The van der Waals surface area contributed by atoms with Gasteiger partial charge in [-0.1, -0.05) is 17.7 Å². The summed E-state index contributed by atoms with van der Waals surface area (Å²) in [6, 6.07) is 8.16. The van der Waals surface area contributed by atoms with Crippen molar-refractivity contribution in [1.82, 2.24) is 0 Å². The van der Waals surface area contributed by atoms with Crippen LogP contribution in [0.5, 0.6) is 0 Å². The van der Waals surface area contributed by atoms with Crippen molar-refractivity contribution < 1.29 is 8.42 Å². The van der Waals surface area contributed by atoms with E-state index >= 15 is 0 Å². The van der Waals surface area contributed by atoms with Gasteiger partial charge in [0.05, 0.1) is 10.6 Å². The van der Waals surface area contributed by atoms with E-state index in [0.29, 0.717) is 25.9 Å². The second-order valence-corrected chi connectivity index (χ2v) is 8.12. The van der Waals surface area contributed by atoms with Gasteiger partial charge in [0.1, 0.15) is 0 Å². The summed E-state index contributed by atoms with van der Waals surface area (Å²) in [4.78, 5) is 0.0511. The minimum absolute atomic E-state index is 0.0511. The van der Waals surface area contributed by atoms with Crippen molar-refractivity contribution in [2.24, 2.45) is 0 Å². The van der Waals surface area contributed by atoms with Crippen LogP contribution in [0.2, 0.25) is 5.02 Å². The fourth-order valence-electron chi connectivity index (χ4n) is 1.74. The first kappa shape index (κ1) is 16.6. The molecule has 0 aromatic heterocycles. The third kappa shape index (κ3) is 3.53. The van der Waals surface area contributed by atoms with Gasteiger partial charge >= 0.3 is 0 Å². The van der Waals surface area contributed by atoms with Crippen LogP contribution >= 0.6 is 43.5 Å². The molecule has 0 spiro atoms. The van der Waals surface area contributed by atoms with E-state index in [-0.39, 0.29) is 9.92 Å². The quantitative estimate of drug-likeness (QED) is 0.668. The summed E-state index contributed by atoms with van der Waals surface area (Å²) in [5.41, 5.74) is 6.97. The number of hydrogen-bond acceptors (Lipinski definition) is 3. The zero-order valence-corrected chi connectivity index (χ0v) is 15.6. The Hall–Kier alpha value is -0.760. The number of nitrogen functional groups attached to an aromatic ring is 1. The summed E-state index contributed by atoms with van der Waals surface area (Å²) in [7, 11) is -3.81. The van der Waals surface area contributed by atoms with E-state index in [4.69, 9.17) is 17.3 Å². The zero-order chi connectivity index (χ0) is 15.8. The van der Waals surface area contributed by atoms with E-state index in [9.17, 15) is 8.42 Å². The highest BCUT2D eigenvalue weighted by atomic mass is 79.9. The van der Waals surface area contributed by atoms with E-state index in [1.807, 2.05) is 0 Å². The largest absolute Gasteiger partial charge is 0.398 e. The second kappa shape index (κ2) is 6.16. The minimum Gasteiger partial charge on any atom is -0.398 e. The predicted molar refractivity (Wildman–Crippen MR) is 93.3 cm³/mol. The molecule has 0 unspecified atom stereocenters. The smallest absolute Gasteiger partial charge is 0.262 e. The van der Waals surface area contributed by atoms with Gasteiger partial charge in [-0.05, 0) is 68.6 Å². The first-order valence-electron chi connectivity index (χ1n) is 5.75. The Morgan fingerprint density at radius 1 is 1.19 bits per heavy atom. The molecule has 0 aliphatic carbocycles. The van der Waals surface area contributed by atoms with Gasteiger partial charge in [0, 0.05) is 19.7 Å². The van der Waals surface area contributed by atoms with Crippen LogP contribution in [0.15, 0.2) is 44.2 Å². The van der Waals surface area contributed by atoms with Crippen LogP contribution in [0.25, 0.3) is 0 Å². The van der Waals surface area contributed by atoms with Crippen LogP contribution < -0.4 is 10.5 Å². The van der Waals surface area contributed by atoms with Crippen LogP contribution in [-0.2, 0) is 10.0 Å². The third-order valence-corrected chi connectivity index (χ3v) is 5.87. The Kier molecular flexibility index (Phi) is 4.87. The van der Waals surface area contributed by atoms with Crippen LogP contribution in [0.3, 0.4) is 0 Å². The fraction of sp³-hybridized carbons (Fsp3) is 0.0769. The molecule has 0 aliphatic heterocycles. The van der Waals surface area contributed by atoms with Crippen molar-refractivity contribution in [3.05, 3.63) is 49.9 Å². The Morgan fingerprint density at radius 3 is 2.33 bits per heavy atom. The van der Waals surface area contributed by atoms with Crippen molar-refractivity contribution in [3.8, 4) is 0 Å². The second-order valence-electron chi connectivity index (χ2n) is 4.32. The first-order valence-corrected chi connectivity index (χ1v) is 9.19. The van der Waals surface area contributed by atoms with Crippen LogP contribution in [0.4, 0.5) is 11.4 Å². The molecule has 112 valence electrons. The number of halogens is 3. The van der Waals surface area contributed by atoms with Crippen molar-refractivity contribution >= 4 is 64.9 Å². The van der Waals surface area contributed by atoms with Gasteiger partial charge in [-0.3, -0.25) is 4.72 Å². The Balaban J connectivity index is 2.54. The van der Waals surface area contributed by atoms with E-state index < -0.39 is 10.0 Å². The maximum atomic E-state index is 12.6. The molecule has 0 atom stereocenters. The number of sulfonamides is 1. The molecule has 0 aliphatic rings. The molecule has 0 saturated carbocycles. The Labute approximate surface area is 145 Å². The lowest BCUT2D eigenvalue weighted by atomic mass is 10.2. The van der Waals surface area contributed by atoms with Gasteiger partial charge < -0.3 is 5.73 Å². The molecule has 0 heterocycles. The highest BCUT2D eigenvalue weighted by molar-refractivity contribution is 9.11. The normalized spacial score (nSPS) is 11.4. The summed E-state index contributed by atoms with van der Waals surface area (Å²) in [5.74, 6) is 0. The number of para-hydroxylation sites is 1. The SMILES string of the molecule is Cc1c(N)cc(Cl)cc1S(=O)(=O)Nc1c(Br)cccc1Br. The van der Waals surface area contributed by atoms with Crippen molar-refractivity contribution in [1.29, 1.82) is 0 Å². The lowest BCUT2D eigenvalue weighted by Gasteiger charge is -2.14. The summed E-state index contributed by atoms with van der Waals surface area (Å²) in [5, 5.41) is 0.268. The van der Waals surface area contributed by atoms with E-state index in [1.165, 1.54) is 12.1 Å². The monoisotopic (exact) mass is 452 g/mol. The average Bonchev–Trinajstić information content (AvgIpc) is 2.38. The summed E-state index contributed by atoms with van der Waals surface area (Å²) in [6.07, 6.45) is 0. The number of rotatable bonds is 3. The highest BCUT2D eigenvalue weighted by Crippen LogP contribution is 2.34. The highest BCUT2D eigenvalue weighted by Gasteiger charge is 2.21. The number of anilines is 2. The number of benzene rings is 2. The van der Waals surface area contributed by atoms with Gasteiger partial charge in [0.25, 0.3) is 10.0 Å². The summed E-state index contributed by atoms with van der Waals surface area (Å²) < 4.78 is 28.9. The Bertz CT molecular complexity index is 790. The molecule has 0 radical (unpaired) electrons. The van der Waals surface area contributed by atoms with Gasteiger partial charge in [-0.25, -0.2) is 8.42 Å². The van der Waals surface area contributed by atoms with E-state index in [0.717, 1.165) is 0 Å². The van der Waals surface area contributed by atoms with Gasteiger partial charge in [-0.15, -0.1) is 0 Å². The summed E-state index contributed by atoms with van der Waals surface area (Å²) >= 11 is 12.5. The van der Waals surface area contributed by atoms with Gasteiger partial charge in [-0.2, -0.15) is 0 Å². The zero-order valence-electron chi connectivity index (χ0n) is 10.8. The van der Waals surface area contributed by atoms with E-state index in [1.54, 1.807) is 25.1 Å². The van der Waals surface area contributed by atoms with Gasteiger partial charge in [0.2, 0.25) is 0 Å². The first-order chi connectivity index (χ1) is 9.72. The molecule has 4 nitrogen and oxygen atoms in total. The standard InChI is InChI=1S/C13H11Br2ClN2O2S/c1-7-11(17)5-8(16)6-12(7)21(19,20)18-13-9(14)3-2-4-10(13)15/h2-6,18H,17H2,1H3.